The van der Waals surface area contributed by atoms with Gasteiger partial charge >= 0.3 is 0 Å². The smallest absolute Gasteiger partial charge is 0.223 e. The first-order valence-electron chi connectivity index (χ1n) is 9.34. The monoisotopic (exact) mass is 352 g/mol. The lowest BCUT2D eigenvalue weighted by Gasteiger charge is -2.29. The van der Waals surface area contributed by atoms with Crippen molar-refractivity contribution in [1.29, 1.82) is 0 Å². The van der Waals surface area contributed by atoms with Gasteiger partial charge in [-0.05, 0) is 29.2 Å². The molecule has 4 nitrogen and oxygen atoms in total. The normalized spacial score (nSPS) is 15.5. The molecule has 1 amide bonds. The second-order valence-electron chi connectivity index (χ2n) is 7.03. The van der Waals surface area contributed by atoms with Crippen LogP contribution in [-0.2, 0) is 16.1 Å². The summed E-state index contributed by atoms with van der Waals surface area (Å²) in [6, 6.07) is 18.8. The predicted octanol–water partition coefficient (Wildman–Crippen LogP) is 3.68. The Hall–Kier alpha value is -2.33. The van der Waals surface area contributed by atoms with E-state index in [9.17, 15) is 4.79 Å². The Labute approximate surface area is 156 Å². The van der Waals surface area contributed by atoms with Crippen LogP contribution in [0, 0.1) is 0 Å². The van der Waals surface area contributed by atoms with Gasteiger partial charge in [-0.2, -0.15) is 0 Å². The maximum Gasteiger partial charge on any atom is 0.223 e. The first-order valence-corrected chi connectivity index (χ1v) is 9.34. The minimum atomic E-state index is 0.179. The van der Waals surface area contributed by atoms with Crippen LogP contribution in [0.25, 0.3) is 0 Å². The number of nitrogens with zero attached hydrogens (tertiary/aromatic N) is 2. The summed E-state index contributed by atoms with van der Waals surface area (Å²) in [5, 5.41) is 0. The van der Waals surface area contributed by atoms with E-state index in [0.717, 1.165) is 31.9 Å². The molecule has 0 aliphatic carbocycles. The molecule has 3 rings (SSSR count). The van der Waals surface area contributed by atoms with Gasteiger partial charge in [0.15, 0.2) is 0 Å². The lowest BCUT2D eigenvalue weighted by atomic mass is 9.97. The zero-order valence-corrected chi connectivity index (χ0v) is 15.7. The fraction of sp³-hybridized carbons (Fsp3) is 0.409. The number of morpholine rings is 1. The Morgan fingerprint density at radius 3 is 2.38 bits per heavy atom. The molecule has 1 fully saturated rings. The fourth-order valence-electron chi connectivity index (χ4n) is 3.31. The molecule has 2 aromatic rings. The number of anilines is 1. The van der Waals surface area contributed by atoms with E-state index in [-0.39, 0.29) is 11.8 Å². The van der Waals surface area contributed by atoms with E-state index in [1.807, 2.05) is 30.1 Å². The number of ether oxygens (including phenoxy) is 1. The minimum Gasteiger partial charge on any atom is -0.378 e. The van der Waals surface area contributed by atoms with Crippen LogP contribution in [0.4, 0.5) is 5.69 Å². The molecule has 1 unspecified atom stereocenters. The number of hydrogen-bond donors (Lipinski definition) is 0. The average molecular weight is 352 g/mol. The summed E-state index contributed by atoms with van der Waals surface area (Å²) in [6.07, 6.45) is 0.534. The summed E-state index contributed by atoms with van der Waals surface area (Å²) in [4.78, 5) is 16.7. The number of amides is 1. The summed E-state index contributed by atoms with van der Waals surface area (Å²) in [5.74, 6) is 0.411. The topological polar surface area (TPSA) is 32.8 Å². The molecule has 26 heavy (non-hydrogen) atoms. The highest BCUT2D eigenvalue weighted by Crippen LogP contribution is 2.21. The van der Waals surface area contributed by atoms with E-state index in [4.69, 9.17) is 4.74 Å². The lowest BCUT2D eigenvalue weighted by Crippen LogP contribution is -2.36. The van der Waals surface area contributed by atoms with Crippen molar-refractivity contribution in [1.82, 2.24) is 4.90 Å². The van der Waals surface area contributed by atoms with Crippen LogP contribution in [-0.4, -0.2) is 44.2 Å². The van der Waals surface area contributed by atoms with E-state index in [0.29, 0.717) is 13.0 Å². The van der Waals surface area contributed by atoms with Gasteiger partial charge in [0.2, 0.25) is 5.91 Å². The SMILES string of the molecule is CC(CC(=O)N(C)Cc1ccc(N2CCOCC2)cc1)c1ccccc1. The van der Waals surface area contributed by atoms with E-state index in [2.05, 4.69) is 48.2 Å². The number of carbonyl (C=O) groups excluding carboxylic acids is 1. The highest BCUT2D eigenvalue weighted by molar-refractivity contribution is 5.76. The first-order chi connectivity index (χ1) is 12.6. The first kappa shape index (κ1) is 18.5. The lowest BCUT2D eigenvalue weighted by molar-refractivity contribution is -0.130. The molecule has 2 aromatic carbocycles. The molecular weight excluding hydrogens is 324 g/mol. The van der Waals surface area contributed by atoms with Crippen molar-refractivity contribution in [3.63, 3.8) is 0 Å². The maximum atomic E-state index is 12.5. The zero-order valence-electron chi connectivity index (χ0n) is 15.7. The molecule has 0 N–H and O–H groups in total. The van der Waals surface area contributed by atoms with Gasteiger partial charge in [-0.15, -0.1) is 0 Å². The Bertz CT molecular complexity index is 694. The van der Waals surface area contributed by atoms with Crippen LogP contribution in [0.3, 0.4) is 0 Å². The molecule has 1 atom stereocenters. The van der Waals surface area contributed by atoms with E-state index >= 15 is 0 Å². The van der Waals surface area contributed by atoms with Crippen molar-refractivity contribution in [3.05, 3.63) is 65.7 Å². The van der Waals surface area contributed by atoms with Gasteiger partial charge in [-0.1, -0.05) is 49.4 Å². The number of rotatable bonds is 6. The Morgan fingerprint density at radius 2 is 1.73 bits per heavy atom. The predicted molar refractivity (Wildman–Crippen MR) is 105 cm³/mol. The molecule has 1 heterocycles. The third-order valence-electron chi connectivity index (χ3n) is 5.01. The summed E-state index contributed by atoms with van der Waals surface area (Å²) in [5.41, 5.74) is 3.60. The Kier molecular flexibility index (Phi) is 6.29. The van der Waals surface area contributed by atoms with Crippen molar-refractivity contribution < 1.29 is 9.53 Å². The molecular formula is C22H28N2O2. The van der Waals surface area contributed by atoms with Gasteiger partial charge in [0, 0.05) is 38.8 Å². The summed E-state index contributed by atoms with van der Waals surface area (Å²) < 4.78 is 5.40. The molecule has 0 aromatic heterocycles. The molecule has 0 saturated carbocycles. The van der Waals surface area contributed by atoms with Crippen molar-refractivity contribution in [3.8, 4) is 0 Å². The van der Waals surface area contributed by atoms with Gasteiger partial charge in [0.1, 0.15) is 0 Å². The van der Waals surface area contributed by atoms with Gasteiger partial charge in [0.25, 0.3) is 0 Å². The number of benzene rings is 2. The number of carbonyl (C=O) groups is 1. The van der Waals surface area contributed by atoms with Gasteiger partial charge < -0.3 is 14.5 Å². The standard InChI is InChI=1S/C22H28N2O2/c1-18(20-6-4-3-5-7-20)16-22(25)23(2)17-19-8-10-21(11-9-19)24-12-14-26-15-13-24/h3-11,18H,12-17H2,1-2H3. The third-order valence-corrected chi connectivity index (χ3v) is 5.01. The van der Waals surface area contributed by atoms with Gasteiger partial charge in [0.05, 0.1) is 13.2 Å². The molecule has 1 saturated heterocycles. The maximum absolute atomic E-state index is 12.5. The molecule has 0 bridgehead atoms. The minimum absolute atomic E-state index is 0.179. The van der Waals surface area contributed by atoms with Crippen molar-refractivity contribution in [2.75, 3.05) is 38.3 Å². The largest absolute Gasteiger partial charge is 0.378 e. The Morgan fingerprint density at radius 1 is 1.08 bits per heavy atom. The van der Waals surface area contributed by atoms with Crippen LogP contribution >= 0.6 is 0 Å². The molecule has 4 heteroatoms. The Balaban J connectivity index is 1.53. The van der Waals surface area contributed by atoms with Gasteiger partial charge in [-0.3, -0.25) is 4.79 Å². The van der Waals surface area contributed by atoms with Crippen LogP contribution in [0.15, 0.2) is 54.6 Å². The van der Waals surface area contributed by atoms with Crippen molar-refractivity contribution >= 4 is 11.6 Å². The fourth-order valence-corrected chi connectivity index (χ4v) is 3.31. The molecule has 138 valence electrons. The van der Waals surface area contributed by atoms with E-state index in [1.54, 1.807) is 0 Å². The summed E-state index contributed by atoms with van der Waals surface area (Å²) >= 11 is 0. The average Bonchev–Trinajstić information content (AvgIpc) is 2.70. The van der Waals surface area contributed by atoms with Gasteiger partial charge in [-0.25, -0.2) is 0 Å². The van der Waals surface area contributed by atoms with Crippen LogP contribution < -0.4 is 4.90 Å². The summed E-state index contributed by atoms with van der Waals surface area (Å²) in [7, 11) is 1.88. The summed E-state index contributed by atoms with van der Waals surface area (Å²) in [6.45, 7) is 6.21. The van der Waals surface area contributed by atoms with Crippen LogP contribution in [0.2, 0.25) is 0 Å². The molecule has 0 spiro atoms. The molecule has 1 aliphatic rings. The highest BCUT2D eigenvalue weighted by Gasteiger charge is 2.15. The van der Waals surface area contributed by atoms with Crippen molar-refractivity contribution in [2.24, 2.45) is 0 Å². The third kappa shape index (κ3) is 4.85. The second-order valence-corrected chi connectivity index (χ2v) is 7.03. The van der Waals surface area contributed by atoms with Crippen LogP contribution in [0.1, 0.15) is 30.4 Å². The molecule has 1 aliphatic heterocycles. The highest BCUT2D eigenvalue weighted by atomic mass is 16.5. The van der Waals surface area contributed by atoms with E-state index < -0.39 is 0 Å². The van der Waals surface area contributed by atoms with Crippen molar-refractivity contribution in [2.45, 2.75) is 25.8 Å². The van der Waals surface area contributed by atoms with E-state index in [1.165, 1.54) is 11.3 Å². The van der Waals surface area contributed by atoms with Crippen LogP contribution in [0.5, 0.6) is 0 Å². The number of hydrogen-bond acceptors (Lipinski definition) is 3. The zero-order chi connectivity index (χ0) is 18.4. The quantitative estimate of drug-likeness (QED) is 0.795. The molecule has 0 radical (unpaired) electrons. The second kappa shape index (κ2) is 8.86.